The predicted molar refractivity (Wildman–Crippen MR) is 124 cm³/mol. The Bertz CT molecular complexity index is 862. The van der Waals surface area contributed by atoms with E-state index in [4.69, 9.17) is 23.1 Å². The van der Waals surface area contributed by atoms with Crippen molar-refractivity contribution in [3.05, 3.63) is 58.7 Å². The molecule has 0 radical (unpaired) electrons. The van der Waals surface area contributed by atoms with Crippen molar-refractivity contribution in [2.45, 2.75) is 50.0 Å². The van der Waals surface area contributed by atoms with Crippen LogP contribution in [0.25, 0.3) is 0 Å². The minimum atomic E-state index is -0.0571. The van der Waals surface area contributed by atoms with Gasteiger partial charge in [0.15, 0.2) is 0 Å². The van der Waals surface area contributed by atoms with Crippen molar-refractivity contribution in [1.82, 2.24) is 9.88 Å². The Kier molecular flexibility index (Phi) is 7.27. The van der Waals surface area contributed by atoms with Gasteiger partial charge in [-0.2, -0.15) is 0 Å². The van der Waals surface area contributed by atoms with Crippen LogP contribution in [0.4, 0.5) is 5.82 Å². The van der Waals surface area contributed by atoms with Crippen molar-refractivity contribution in [2.75, 3.05) is 18.8 Å². The van der Waals surface area contributed by atoms with Crippen molar-refractivity contribution >= 4 is 35.7 Å². The highest BCUT2D eigenvalue weighted by Crippen LogP contribution is 2.42. The highest BCUT2D eigenvalue weighted by atomic mass is 35.5. The third kappa shape index (κ3) is 4.90. The normalized spacial score (nSPS) is 23.5. The van der Waals surface area contributed by atoms with E-state index in [9.17, 15) is 4.79 Å². The summed E-state index contributed by atoms with van der Waals surface area (Å²) in [5.74, 6) is 1.13. The van der Waals surface area contributed by atoms with E-state index < -0.39 is 0 Å². The first-order chi connectivity index (χ1) is 14.0. The Balaban J connectivity index is 0.00000256. The standard InChI is InChI=1S/C23H29ClN4O.ClH/c24-19-3-1-2-18(12-19)23(15-25)10-8-20(9-11-23)28(14-16-4-5-16)22(29)17-6-7-21(26)27-13-17;/h1-3,6-7,12-13,16,20H,4-5,8-11,14-15,25H2,(H2,26,27);1H/t20-,23-;. The lowest BCUT2D eigenvalue weighted by atomic mass is 9.68. The van der Waals surface area contributed by atoms with Crippen LogP contribution in [-0.4, -0.2) is 34.9 Å². The minimum absolute atomic E-state index is 0. The lowest BCUT2D eigenvalue weighted by Gasteiger charge is -2.43. The number of carbonyl (C=O) groups is 1. The van der Waals surface area contributed by atoms with Crippen LogP contribution in [0, 0.1) is 5.92 Å². The number of anilines is 1. The molecule has 0 unspecified atom stereocenters. The maximum Gasteiger partial charge on any atom is 0.255 e. The van der Waals surface area contributed by atoms with E-state index in [1.807, 2.05) is 18.2 Å². The van der Waals surface area contributed by atoms with Crippen LogP contribution in [0.2, 0.25) is 5.02 Å². The molecule has 5 nitrogen and oxygen atoms in total. The van der Waals surface area contributed by atoms with Gasteiger partial charge >= 0.3 is 0 Å². The second-order valence-corrected chi connectivity index (χ2v) is 9.04. The molecule has 162 valence electrons. The molecule has 30 heavy (non-hydrogen) atoms. The molecule has 2 aromatic rings. The third-order valence-electron chi connectivity index (χ3n) is 6.63. The van der Waals surface area contributed by atoms with Gasteiger partial charge in [0.1, 0.15) is 5.82 Å². The molecule has 1 aromatic carbocycles. The molecule has 4 rings (SSSR count). The van der Waals surface area contributed by atoms with E-state index in [0.717, 1.165) is 37.3 Å². The van der Waals surface area contributed by atoms with E-state index in [1.165, 1.54) is 18.4 Å². The predicted octanol–water partition coefficient (Wildman–Crippen LogP) is 4.43. The van der Waals surface area contributed by atoms with E-state index in [1.54, 1.807) is 18.3 Å². The summed E-state index contributed by atoms with van der Waals surface area (Å²) in [4.78, 5) is 19.5. The summed E-state index contributed by atoms with van der Waals surface area (Å²) < 4.78 is 0. The number of nitrogens with two attached hydrogens (primary N) is 2. The number of halogens is 2. The fourth-order valence-electron chi connectivity index (χ4n) is 4.57. The van der Waals surface area contributed by atoms with Gasteiger partial charge in [-0.05, 0) is 74.3 Å². The SMILES string of the molecule is Cl.NC[C@]1(c2cccc(Cl)c2)CC[C@H](N(CC2CC2)C(=O)c2ccc(N)nc2)CC1. The molecule has 0 saturated heterocycles. The van der Waals surface area contributed by atoms with Crippen molar-refractivity contribution in [2.24, 2.45) is 11.7 Å². The highest BCUT2D eigenvalue weighted by Gasteiger charge is 2.40. The number of hydrogen-bond acceptors (Lipinski definition) is 4. The maximum atomic E-state index is 13.3. The number of pyridine rings is 1. The number of benzene rings is 1. The zero-order valence-electron chi connectivity index (χ0n) is 17.1. The average Bonchev–Trinajstić information content (AvgIpc) is 3.56. The number of hydrogen-bond donors (Lipinski definition) is 2. The van der Waals surface area contributed by atoms with Crippen molar-refractivity contribution in [3.63, 3.8) is 0 Å². The largest absolute Gasteiger partial charge is 0.384 e. The Labute approximate surface area is 189 Å². The molecular weight excluding hydrogens is 419 g/mol. The Morgan fingerprint density at radius 2 is 1.90 bits per heavy atom. The van der Waals surface area contributed by atoms with Crippen LogP contribution >= 0.6 is 24.0 Å². The monoisotopic (exact) mass is 448 g/mol. The van der Waals surface area contributed by atoms with E-state index in [0.29, 0.717) is 23.8 Å². The summed E-state index contributed by atoms with van der Waals surface area (Å²) in [6.45, 7) is 1.43. The first-order valence-electron chi connectivity index (χ1n) is 10.5. The Morgan fingerprint density at radius 3 is 2.47 bits per heavy atom. The number of nitrogens with zero attached hydrogens (tertiary/aromatic N) is 2. The molecule has 2 saturated carbocycles. The molecule has 2 fully saturated rings. The van der Waals surface area contributed by atoms with Crippen molar-refractivity contribution in [1.29, 1.82) is 0 Å². The zero-order chi connectivity index (χ0) is 20.4. The van der Waals surface area contributed by atoms with Gasteiger partial charge in [0, 0.05) is 35.8 Å². The summed E-state index contributed by atoms with van der Waals surface area (Å²) >= 11 is 6.24. The van der Waals surface area contributed by atoms with Crippen LogP contribution in [0.3, 0.4) is 0 Å². The second-order valence-electron chi connectivity index (χ2n) is 8.60. The molecule has 1 heterocycles. The average molecular weight is 449 g/mol. The van der Waals surface area contributed by atoms with Crippen molar-refractivity contribution in [3.8, 4) is 0 Å². The van der Waals surface area contributed by atoms with Crippen LogP contribution < -0.4 is 11.5 Å². The molecule has 2 aliphatic carbocycles. The van der Waals surface area contributed by atoms with Gasteiger partial charge in [-0.1, -0.05) is 23.7 Å². The third-order valence-corrected chi connectivity index (χ3v) is 6.86. The fourth-order valence-corrected chi connectivity index (χ4v) is 4.76. The Hall–Kier alpha value is -1.82. The van der Waals surface area contributed by atoms with E-state index in [-0.39, 0.29) is 29.8 Å². The lowest BCUT2D eigenvalue weighted by Crippen LogP contribution is -2.48. The van der Waals surface area contributed by atoms with E-state index in [2.05, 4.69) is 16.0 Å². The first kappa shape index (κ1) is 22.9. The van der Waals surface area contributed by atoms with Gasteiger partial charge in [0.2, 0.25) is 0 Å². The van der Waals surface area contributed by atoms with Crippen LogP contribution in [0.5, 0.6) is 0 Å². The zero-order valence-corrected chi connectivity index (χ0v) is 18.7. The molecule has 0 aliphatic heterocycles. The minimum Gasteiger partial charge on any atom is -0.384 e. The van der Waals surface area contributed by atoms with Crippen molar-refractivity contribution < 1.29 is 4.79 Å². The van der Waals surface area contributed by atoms with Gasteiger partial charge in [-0.15, -0.1) is 12.4 Å². The number of amides is 1. The molecule has 2 aliphatic rings. The number of aromatic nitrogens is 1. The van der Waals surface area contributed by atoms with Crippen LogP contribution in [0.1, 0.15) is 54.4 Å². The summed E-state index contributed by atoms with van der Waals surface area (Å²) in [5.41, 5.74) is 13.7. The number of rotatable bonds is 6. The fraction of sp³-hybridized carbons (Fsp3) is 0.478. The molecule has 0 bridgehead atoms. The van der Waals surface area contributed by atoms with Crippen LogP contribution in [0.15, 0.2) is 42.6 Å². The van der Waals surface area contributed by atoms with Crippen LogP contribution in [-0.2, 0) is 5.41 Å². The van der Waals surface area contributed by atoms with Gasteiger partial charge in [0.25, 0.3) is 5.91 Å². The maximum absolute atomic E-state index is 13.3. The molecule has 7 heteroatoms. The summed E-state index contributed by atoms with van der Waals surface area (Å²) in [7, 11) is 0. The van der Waals surface area contributed by atoms with Gasteiger partial charge in [0.05, 0.1) is 5.56 Å². The summed E-state index contributed by atoms with van der Waals surface area (Å²) in [5, 5.41) is 0.749. The first-order valence-corrected chi connectivity index (χ1v) is 10.9. The summed E-state index contributed by atoms with van der Waals surface area (Å²) in [6.07, 6.45) is 7.84. The van der Waals surface area contributed by atoms with E-state index >= 15 is 0 Å². The van der Waals surface area contributed by atoms with Gasteiger partial charge < -0.3 is 16.4 Å². The smallest absolute Gasteiger partial charge is 0.255 e. The highest BCUT2D eigenvalue weighted by molar-refractivity contribution is 6.30. The molecule has 1 aromatic heterocycles. The molecule has 1 amide bonds. The summed E-state index contributed by atoms with van der Waals surface area (Å²) in [6, 6.07) is 11.8. The number of nitrogen functional groups attached to an aromatic ring is 1. The Morgan fingerprint density at radius 1 is 1.17 bits per heavy atom. The quantitative estimate of drug-likeness (QED) is 0.683. The lowest BCUT2D eigenvalue weighted by molar-refractivity contribution is 0.0581. The molecule has 0 spiro atoms. The molecule has 4 N–H and O–H groups in total. The van der Waals surface area contributed by atoms with Gasteiger partial charge in [-0.25, -0.2) is 4.98 Å². The second kappa shape index (κ2) is 9.54. The topological polar surface area (TPSA) is 85.2 Å². The van der Waals surface area contributed by atoms with Gasteiger partial charge in [-0.3, -0.25) is 4.79 Å². The molecular formula is C23H30Cl2N4O. The molecule has 0 atom stereocenters. The number of carbonyl (C=O) groups excluding carboxylic acids is 1.